The standard InChI is InChI=1S/C30H33F3N4O3/c1-17-20(4-3-5-24(17)36-28(39)19-8-12-29(40,13-9-19)30(31,32)33)21-6-7-22(27(34)38)26-23(21)16-25(35-26)18-10-14-37(2)15-11-18/h3-7,10,16,19,35,40H,8-9,11-15H2,1-2H3,(H2,34,38)(H,36,39). The fourth-order valence-electron chi connectivity index (χ4n) is 5.79. The summed E-state index contributed by atoms with van der Waals surface area (Å²) in [6.45, 7) is 3.63. The summed E-state index contributed by atoms with van der Waals surface area (Å²) < 4.78 is 39.5. The van der Waals surface area contributed by atoms with Gasteiger partial charge in [-0.1, -0.05) is 24.3 Å². The van der Waals surface area contributed by atoms with Crippen LogP contribution in [0.3, 0.4) is 0 Å². The number of amides is 2. The number of nitrogens with two attached hydrogens (primary N) is 1. The number of halogens is 3. The summed E-state index contributed by atoms with van der Waals surface area (Å²) in [6.07, 6.45) is -2.77. The van der Waals surface area contributed by atoms with Crippen molar-refractivity contribution in [3.8, 4) is 11.1 Å². The number of benzene rings is 2. The van der Waals surface area contributed by atoms with Crippen molar-refractivity contribution in [3.63, 3.8) is 0 Å². The average Bonchev–Trinajstić information content (AvgIpc) is 3.35. The lowest BCUT2D eigenvalue weighted by Crippen LogP contribution is -2.48. The molecule has 0 unspecified atom stereocenters. The van der Waals surface area contributed by atoms with E-state index in [1.807, 2.05) is 31.2 Å². The Labute approximate surface area is 230 Å². The summed E-state index contributed by atoms with van der Waals surface area (Å²) in [7, 11) is 2.06. The van der Waals surface area contributed by atoms with Crippen LogP contribution in [0.5, 0.6) is 0 Å². The van der Waals surface area contributed by atoms with Crippen LogP contribution in [0, 0.1) is 12.8 Å². The molecule has 1 aliphatic heterocycles. The Morgan fingerprint density at radius 3 is 2.50 bits per heavy atom. The number of anilines is 1. The van der Waals surface area contributed by atoms with Gasteiger partial charge in [-0.3, -0.25) is 9.59 Å². The van der Waals surface area contributed by atoms with Gasteiger partial charge >= 0.3 is 6.18 Å². The first-order valence-electron chi connectivity index (χ1n) is 13.4. The lowest BCUT2D eigenvalue weighted by molar-refractivity contribution is -0.271. The highest BCUT2D eigenvalue weighted by Gasteiger charge is 2.55. The van der Waals surface area contributed by atoms with Crippen molar-refractivity contribution in [2.24, 2.45) is 11.7 Å². The molecule has 0 spiro atoms. The Bertz CT molecular complexity index is 1500. The average molecular weight is 555 g/mol. The number of alkyl halides is 3. The zero-order valence-corrected chi connectivity index (χ0v) is 22.5. The summed E-state index contributed by atoms with van der Waals surface area (Å²) >= 11 is 0. The fourth-order valence-corrected chi connectivity index (χ4v) is 5.79. The van der Waals surface area contributed by atoms with E-state index < -0.39 is 36.4 Å². The number of rotatable bonds is 5. The summed E-state index contributed by atoms with van der Waals surface area (Å²) in [5.74, 6) is -1.52. The highest BCUT2D eigenvalue weighted by atomic mass is 19.4. The smallest absolute Gasteiger partial charge is 0.380 e. The fraction of sp³-hybridized carbons (Fsp3) is 0.400. The van der Waals surface area contributed by atoms with Crippen LogP contribution < -0.4 is 11.1 Å². The molecule has 1 aromatic heterocycles. The van der Waals surface area contributed by atoms with Crippen molar-refractivity contribution >= 4 is 34.0 Å². The van der Waals surface area contributed by atoms with Gasteiger partial charge in [-0.05, 0) is 86.5 Å². The third-order valence-electron chi connectivity index (χ3n) is 8.41. The van der Waals surface area contributed by atoms with E-state index in [1.54, 1.807) is 12.1 Å². The molecule has 1 aliphatic carbocycles. The van der Waals surface area contributed by atoms with Gasteiger partial charge < -0.3 is 26.0 Å². The number of H-pyrrole nitrogens is 1. The van der Waals surface area contributed by atoms with Crippen LogP contribution in [-0.2, 0) is 4.79 Å². The van der Waals surface area contributed by atoms with E-state index in [1.165, 1.54) is 5.57 Å². The SMILES string of the molecule is Cc1c(NC(=O)C2CCC(O)(C(F)(F)F)CC2)cccc1-c1ccc(C(N)=O)c2[nH]c(C3=CCN(C)CC3)cc12. The van der Waals surface area contributed by atoms with Crippen molar-refractivity contribution in [3.05, 3.63) is 59.3 Å². The first-order valence-corrected chi connectivity index (χ1v) is 13.4. The van der Waals surface area contributed by atoms with Gasteiger partial charge in [0.25, 0.3) is 5.91 Å². The molecule has 5 rings (SSSR count). The zero-order chi connectivity index (χ0) is 28.8. The predicted molar refractivity (Wildman–Crippen MR) is 149 cm³/mol. The summed E-state index contributed by atoms with van der Waals surface area (Å²) in [5, 5.41) is 13.7. The number of hydrogen-bond donors (Lipinski definition) is 4. The highest BCUT2D eigenvalue weighted by molar-refractivity contribution is 6.10. The van der Waals surface area contributed by atoms with Crippen molar-refractivity contribution in [2.75, 3.05) is 25.5 Å². The van der Waals surface area contributed by atoms with Gasteiger partial charge in [0.2, 0.25) is 5.91 Å². The highest BCUT2D eigenvalue weighted by Crippen LogP contribution is 2.44. The Kier molecular flexibility index (Phi) is 7.26. The Morgan fingerprint density at radius 2 is 1.88 bits per heavy atom. The normalized spacial score (nSPS) is 22.2. The van der Waals surface area contributed by atoms with Crippen LogP contribution in [0.25, 0.3) is 27.6 Å². The zero-order valence-electron chi connectivity index (χ0n) is 22.5. The third kappa shape index (κ3) is 5.13. The number of aromatic nitrogens is 1. The Balaban J connectivity index is 1.45. The number of aliphatic hydroxyl groups is 1. The molecule has 1 saturated carbocycles. The summed E-state index contributed by atoms with van der Waals surface area (Å²) in [4.78, 5) is 30.9. The third-order valence-corrected chi connectivity index (χ3v) is 8.41. The minimum atomic E-state index is -4.71. The van der Waals surface area contributed by atoms with Crippen LogP contribution in [0.15, 0.2) is 42.5 Å². The van der Waals surface area contributed by atoms with Gasteiger partial charge in [0.1, 0.15) is 0 Å². The van der Waals surface area contributed by atoms with E-state index >= 15 is 0 Å². The molecule has 0 atom stereocenters. The number of likely N-dealkylation sites (N-methyl/N-ethyl adjacent to an activating group) is 1. The van der Waals surface area contributed by atoms with Crippen molar-refractivity contribution < 1.29 is 27.9 Å². The minimum absolute atomic E-state index is 0.0481. The van der Waals surface area contributed by atoms with E-state index in [2.05, 4.69) is 28.3 Å². The summed E-state index contributed by atoms with van der Waals surface area (Å²) in [6, 6.07) is 11.1. The number of nitrogens with zero attached hydrogens (tertiary/aromatic N) is 1. The topological polar surface area (TPSA) is 111 Å². The predicted octanol–water partition coefficient (Wildman–Crippen LogP) is 5.38. The van der Waals surface area contributed by atoms with Gasteiger partial charge in [0, 0.05) is 35.8 Å². The first-order chi connectivity index (χ1) is 18.9. The summed E-state index contributed by atoms with van der Waals surface area (Å²) in [5.41, 5.74) is 9.12. The number of carbonyl (C=O) groups excluding carboxylic acids is 2. The van der Waals surface area contributed by atoms with Gasteiger partial charge in [-0.25, -0.2) is 0 Å². The van der Waals surface area contributed by atoms with Gasteiger partial charge in [0.05, 0.1) is 11.1 Å². The van der Waals surface area contributed by atoms with Crippen LogP contribution in [0.4, 0.5) is 18.9 Å². The Hall–Kier alpha value is -3.63. The van der Waals surface area contributed by atoms with Crippen molar-refractivity contribution in [1.82, 2.24) is 9.88 Å². The van der Waals surface area contributed by atoms with Crippen molar-refractivity contribution in [1.29, 1.82) is 0 Å². The molecule has 0 bridgehead atoms. The van der Waals surface area contributed by atoms with E-state index in [0.29, 0.717) is 16.8 Å². The maximum atomic E-state index is 13.2. The first kappa shape index (κ1) is 27.9. The van der Waals surface area contributed by atoms with Crippen LogP contribution in [0.2, 0.25) is 0 Å². The van der Waals surface area contributed by atoms with Gasteiger partial charge in [-0.2, -0.15) is 13.2 Å². The van der Waals surface area contributed by atoms with Gasteiger partial charge in [-0.15, -0.1) is 0 Å². The number of carbonyl (C=O) groups is 2. The van der Waals surface area contributed by atoms with E-state index in [-0.39, 0.29) is 18.7 Å². The molecule has 2 heterocycles. The van der Waals surface area contributed by atoms with Crippen LogP contribution in [0.1, 0.15) is 53.7 Å². The second-order valence-corrected chi connectivity index (χ2v) is 11.0. The molecule has 212 valence electrons. The van der Waals surface area contributed by atoms with E-state index in [9.17, 15) is 27.9 Å². The minimum Gasteiger partial charge on any atom is -0.380 e. The molecular weight excluding hydrogens is 521 g/mol. The molecule has 3 aromatic rings. The molecule has 2 aromatic carbocycles. The number of aromatic amines is 1. The lowest BCUT2D eigenvalue weighted by atomic mass is 9.78. The maximum Gasteiger partial charge on any atom is 0.417 e. The molecule has 2 amide bonds. The molecule has 5 N–H and O–H groups in total. The van der Waals surface area contributed by atoms with E-state index in [4.69, 9.17) is 5.73 Å². The quantitative estimate of drug-likeness (QED) is 0.339. The molecule has 0 saturated heterocycles. The number of hydrogen-bond acceptors (Lipinski definition) is 4. The number of fused-ring (bicyclic) bond motifs is 1. The molecule has 1 fully saturated rings. The molecule has 40 heavy (non-hydrogen) atoms. The molecule has 0 radical (unpaired) electrons. The monoisotopic (exact) mass is 554 g/mol. The molecule has 10 heteroatoms. The van der Waals surface area contributed by atoms with Crippen molar-refractivity contribution in [2.45, 2.75) is 50.8 Å². The number of nitrogens with one attached hydrogen (secondary N) is 2. The van der Waals surface area contributed by atoms with Crippen LogP contribution in [-0.4, -0.2) is 58.7 Å². The lowest BCUT2D eigenvalue weighted by Gasteiger charge is -2.36. The molecular formula is C30H33F3N4O3. The molecule has 7 nitrogen and oxygen atoms in total. The van der Waals surface area contributed by atoms with E-state index in [0.717, 1.165) is 47.3 Å². The van der Waals surface area contributed by atoms with Gasteiger partial charge in [0.15, 0.2) is 5.60 Å². The second kappa shape index (κ2) is 10.4. The largest absolute Gasteiger partial charge is 0.417 e. The molecule has 2 aliphatic rings. The number of primary amides is 1. The second-order valence-electron chi connectivity index (χ2n) is 11.0. The maximum absolute atomic E-state index is 13.2. The van der Waals surface area contributed by atoms with Crippen LogP contribution >= 0.6 is 0 Å². The Morgan fingerprint density at radius 1 is 1.15 bits per heavy atom.